The minimum absolute atomic E-state index is 0.157. The number of anilines is 1. The quantitative estimate of drug-likeness (QED) is 0.829. The number of carbonyl (C=O) groups excluding carboxylic acids is 1. The molecule has 2 fully saturated rings. The van der Waals surface area contributed by atoms with E-state index in [1.165, 1.54) is 0 Å². The molecule has 0 aromatic carbocycles. The molecule has 2 saturated heterocycles. The molecule has 0 saturated carbocycles. The number of pyridine rings is 1. The van der Waals surface area contributed by atoms with Gasteiger partial charge in [0, 0.05) is 50.9 Å². The smallest absolute Gasteiger partial charge is 0.226 e. The molecule has 6 heteroatoms. The highest BCUT2D eigenvalue weighted by Gasteiger charge is 2.33. The molecule has 3 rings (SSSR count). The number of hydrogen-bond acceptors (Lipinski definition) is 4. The monoisotopic (exact) mass is 336 g/mol. The Bertz CT molecular complexity index is 542. The van der Waals surface area contributed by atoms with Crippen LogP contribution in [0.25, 0.3) is 0 Å². The van der Waals surface area contributed by atoms with E-state index in [2.05, 4.69) is 33.7 Å². The van der Waals surface area contributed by atoms with Crippen molar-refractivity contribution < 1.29 is 4.79 Å². The second kappa shape index (κ2) is 7.05. The van der Waals surface area contributed by atoms with Crippen molar-refractivity contribution in [2.45, 2.75) is 25.8 Å². The predicted octanol–water partition coefficient (Wildman–Crippen LogP) is 2.11. The summed E-state index contributed by atoms with van der Waals surface area (Å²) < 4.78 is 0. The van der Waals surface area contributed by atoms with E-state index in [4.69, 9.17) is 11.6 Å². The second-order valence-electron chi connectivity index (χ2n) is 6.74. The lowest BCUT2D eigenvalue weighted by Crippen LogP contribution is -2.55. The molecule has 126 valence electrons. The minimum atomic E-state index is 0.157. The van der Waals surface area contributed by atoms with Crippen LogP contribution in [0.2, 0.25) is 5.02 Å². The van der Waals surface area contributed by atoms with Gasteiger partial charge < -0.3 is 14.7 Å². The molecule has 0 radical (unpaired) electrons. The van der Waals surface area contributed by atoms with E-state index >= 15 is 0 Å². The summed E-state index contributed by atoms with van der Waals surface area (Å²) in [5.74, 6) is 1.45. The van der Waals surface area contributed by atoms with Crippen molar-refractivity contribution in [3.8, 4) is 0 Å². The third-order valence-electron chi connectivity index (χ3n) is 4.99. The maximum atomic E-state index is 12.8. The van der Waals surface area contributed by atoms with Crippen LogP contribution in [0.15, 0.2) is 18.3 Å². The highest BCUT2D eigenvalue weighted by Crippen LogP contribution is 2.25. The molecule has 1 aromatic rings. The van der Waals surface area contributed by atoms with E-state index in [1.54, 1.807) is 6.20 Å². The molecular formula is C17H25ClN4O. The Morgan fingerprint density at radius 1 is 1.22 bits per heavy atom. The Morgan fingerprint density at radius 2 is 1.96 bits per heavy atom. The SMILES string of the molecule is C[C@@H]1CN(C)CCN1C(=O)C1CCN(c2ccc(Cl)cn2)CC1. The average Bonchev–Trinajstić information content (AvgIpc) is 2.55. The Labute approximate surface area is 143 Å². The van der Waals surface area contributed by atoms with Crippen molar-refractivity contribution in [1.82, 2.24) is 14.8 Å². The van der Waals surface area contributed by atoms with Crippen LogP contribution in [0.3, 0.4) is 0 Å². The normalized spacial score (nSPS) is 24.0. The van der Waals surface area contributed by atoms with Crippen molar-refractivity contribution in [2.24, 2.45) is 5.92 Å². The third kappa shape index (κ3) is 3.78. The van der Waals surface area contributed by atoms with Gasteiger partial charge in [-0.1, -0.05) is 11.6 Å². The zero-order valence-corrected chi connectivity index (χ0v) is 14.7. The van der Waals surface area contributed by atoms with Crippen molar-refractivity contribution in [2.75, 3.05) is 44.7 Å². The number of piperazine rings is 1. The summed E-state index contributed by atoms with van der Waals surface area (Å²) in [5.41, 5.74) is 0. The van der Waals surface area contributed by atoms with Gasteiger partial charge in [0.15, 0.2) is 0 Å². The van der Waals surface area contributed by atoms with Gasteiger partial charge in [-0.05, 0) is 38.9 Å². The van der Waals surface area contributed by atoms with Crippen LogP contribution >= 0.6 is 11.6 Å². The van der Waals surface area contributed by atoms with Gasteiger partial charge in [0.25, 0.3) is 0 Å². The highest BCUT2D eigenvalue weighted by molar-refractivity contribution is 6.30. The Kier molecular flexibility index (Phi) is 5.07. The van der Waals surface area contributed by atoms with Crippen LogP contribution in [0.5, 0.6) is 0 Å². The summed E-state index contributed by atoms with van der Waals surface area (Å²) in [6, 6.07) is 4.14. The lowest BCUT2D eigenvalue weighted by Gasteiger charge is -2.41. The van der Waals surface area contributed by atoms with Gasteiger partial charge in [0.05, 0.1) is 5.02 Å². The maximum absolute atomic E-state index is 12.8. The van der Waals surface area contributed by atoms with Crippen LogP contribution in [0.1, 0.15) is 19.8 Å². The first-order valence-corrected chi connectivity index (χ1v) is 8.78. The van der Waals surface area contributed by atoms with Gasteiger partial charge in [-0.3, -0.25) is 4.79 Å². The van der Waals surface area contributed by atoms with E-state index in [1.807, 2.05) is 12.1 Å². The van der Waals surface area contributed by atoms with Crippen LogP contribution in [0.4, 0.5) is 5.82 Å². The molecule has 1 atom stereocenters. The molecule has 0 spiro atoms. The molecule has 0 unspecified atom stereocenters. The first kappa shape index (κ1) is 16.5. The van der Waals surface area contributed by atoms with E-state index in [9.17, 15) is 4.79 Å². The number of amides is 1. The van der Waals surface area contributed by atoms with Crippen molar-refractivity contribution in [3.05, 3.63) is 23.4 Å². The Balaban J connectivity index is 1.56. The van der Waals surface area contributed by atoms with Crippen molar-refractivity contribution in [1.29, 1.82) is 0 Å². The van der Waals surface area contributed by atoms with E-state index in [0.717, 1.165) is 51.4 Å². The Morgan fingerprint density at radius 3 is 2.57 bits per heavy atom. The number of carbonyl (C=O) groups is 1. The van der Waals surface area contributed by atoms with Gasteiger partial charge in [-0.15, -0.1) is 0 Å². The standard InChI is InChI=1S/C17H25ClN4O/c1-13-12-20(2)9-10-22(13)17(23)14-5-7-21(8-6-14)16-4-3-15(18)11-19-16/h3-4,11,13-14H,5-10,12H2,1-2H3/t13-/m1/s1. The summed E-state index contributed by atoms with van der Waals surface area (Å²) >= 11 is 5.89. The molecular weight excluding hydrogens is 312 g/mol. The summed E-state index contributed by atoms with van der Waals surface area (Å²) in [6.07, 6.45) is 3.49. The molecule has 0 N–H and O–H groups in total. The predicted molar refractivity (Wildman–Crippen MR) is 92.9 cm³/mol. The second-order valence-corrected chi connectivity index (χ2v) is 7.18. The largest absolute Gasteiger partial charge is 0.357 e. The lowest BCUT2D eigenvalue weighted by molar-refractivity contribution is -0.140. The van der Waals surface area contributed by atoms with Crippen LogP contribution < -0.4 is 4.90 Å². The molecule has 1 amide bonds. The number of halogens is 1. The molecule has 1 aromatic heterocycles. The minimum Gasteiger partial charge on any atom is -0.357 e. The van der Waals surface area contributed by atoms with E-state index in [-0.39, 0.29) is 5.92 Å². The maximum Gasteiger partial charge on any atom is 0.226 e. The first-order chi connectivity index (χ1) is 11.0. The van der Waals surface area contributed by atoms with E-state index < -0.39 is 0 Å². The van der Waals surface area contributed by atoms with Crippen molar-refractivity contribution in [3.63, 3.8) is 0 Å². The number of aromatic nitrogens is 1. The first-order valence-electron chi connectivity index (χ1n) is 8.40. The fourth-order valence-electron chi connectivity index (χ4n) is 3.61. The number of rotatable bonds is 2. The molecule has 5 nitrogen and oxygen atoms in total. The van der Waals surface area contributed by atoms with Gasteiger partial charge in [0.2, 0.25) is 5.91 Å². The topological polar surface area (TPSA) is 39.7 Å². The zero-order valence-electron chi connectivity index (χ0n) is 13.9. The van der Waals surface area contributed by atoms with Gasteiger partial charge in [-0.2, -0.15) is 0 Å². The molecule has 2 aliphatic rings. The van der Waals surface area contributed by atoms with Crippen LogP contribution in [-0.2, 0) is 4.79 Å². The Hall–Kier alpha value is -1.33. The zero-order chi connectivity index (χ0) is 16.4. The lowest BCUT2D eigenvalue weighted by atomic mass is 9.94. The van der Waals surface area contributed by atoms with Crippen LogP contribution in [-0.4, -0.2) is 66.5 Å². The average molecular weight is 337 g/mol. The third-order valence-corrected chi connectivity index (χ3v) is 5.22. The van der Waals surface area contributed by atoms with Gasteiger partial charge in [-0.25, -0.2) is 4.98 Å². The molecule has 23 heavy (non-hydrogen) atoms. The molecule has 0 bridgehead atoms. The molecule has 3 heterocycles. The number of nitrogens with zero attached hydrogens (tertiary/aromatic N) is 4. The fraction of sp³-hybridized carbons (Fsp3) is 0.647. The van der Waals surface area contributed by atoms with E-state index in [0.29, 0.717) is 17.0 Å². The number of likely N-dealkylation sites (N-methyl/N-ethyl adjacent to an activating group) is 1. The number of hydrogen-bond donors (Lipinski definition) is 0. The molecule has 2 aliphatic heterocycles. The summed E-state index contributed by atoms with van der Waals surface area (Å²) in [7, 11) is 2.12. The van der Waals surface area contributed by atoms with Crippen LogP contribution in [0, 0.1) is 5.92 Å². The number of piperidine rings is 1. The highest BCUT2D eigenvalue weighted by atomic mass is 35.5. The summed E-state index contributed by atoms with van der Waals surface area (Å²) in [6.45, 7) is 6.72. The fourth-order valence-corrected chi connectivity index (χ4v) is 3.72. The van der Waals surface area contributed by atoms with Gasteiger partial charge in [0.1, 0.15) is 5.82 Å². The van der Waals surface area contributed by atoms with Crippen molar-refractivity contribution >= 4 is 23.3 Å². The van der Waals surface area contributed by atoms with Gasteiger partial charge >= 0.3 is 0 Å². The molecule has 0 aliphatic carbocycles. The summed E-state index contributed by atoms with van der Waals surface area (Å²) in [4.78, 5) is 23.8. The summed E-state index contributed by atoms with van der Waals surface area (Å²) in [5, 5.41) is 0.655.